The minimum Gasteiger partial charge on any atom is -0.478 e. The molecule has 2 aromatic heterocycles. The number of nitrogens with one attached hydrogen (secondary N) is 1. The normalized spacial score (nSPS) is 11.8. The zero-order valence-electron chi connectivity index (χ0n) is 17.0. The summed E-state index contributed by atoms with van der Waals surface area (Å²) in [7, 11) is 0. The molecule has 32 heavy (non-hydrogen) atoms. The molecule has 0 aliphatic carbocycles. The Morgan fingerprint density at radius 1 is 1.12 bits per heavy atom. The first kappa shape index (κ1) is 21.5. The Labute approximate surface area is 187 Å². The van der Waals surface area contributed by atoms with Crippen molar-refractivity contribution in [3.63, 3.8) is 0 Å². The summed E-state index contributed by atoms with van der Waals surface area (Å²) in [5.74, 6) is -0.0756. The molecule has 0 aliphatic rings. The number of amides is 1. The molecule has 1 unspecified atom stereocenters. The molecular formula is C22H19ClFN5O3. The van der Waals surface area contributed by atoms with Crippen molar-refractivity contribution >= 4 is 23.2 Å². The molecule has 1 amide bonds. The summed E-state index contributed by atoms with van der Waals surface area (Å²) < 4.78 is 26.2. The van der Waals surface area contributed by atoms with Gasteiger partial charge in [-0.1, -0.05) is 35.9 Å². The fourth-order valence-corrected chi connectivity index (χ4v) is 3.14. The van der Waals surface area contributed by atoms with Gasteiger partial charge in [-0.3, -0.25) is 4.79 Å². The van der Waals surface area contributed by atoms with Crippen molar-refractivity contribution < 1.29 is 18.7 Å². The second kappa shape index (κ2) is 9.61. The van der Waals surface area contributed by atoms with Gasteiger partial charge in [0.1, 0.15) is 6.61 Å². The molecular weight excluding hydrogens is 437 g/mol. The summed E-state index contributed by atoms with van der Waals surface area (Å²) in [6.45, 7) is 1.92. The second-order valence-corrected chi connectivity index (χ2v) is 7.18. The molecule has 10 heteroatoms. The van der Waals surface area contributed by atoms with Crippen molar-refractivity contribution in [2.75, 3.05) is 13.2 Å². The van der Waals surface area contributed by atoms with E-state index >= 15 is 0 Å². The quantitative estimate of drug-likeness (QED) is 0.409. The molecule has 0 bridgehead atoms. The van der Waals surface area contributed by atoms with Gasteiger partial charge in [-0.2, -0.15) is 4.52 Å². The van der Waals surface area contributed by atoms with Crippen molar-refractivity contribution in [3.05, 3.63) is 71.5 Å². The fourth-order valence-electron chi connectivity index (χ4n) is 2.92. The maximum atomic E-state index is 13.7. The second-order valence-electron chi connectivity index (χ2n) is 6.78. The van der Waals surface area contributed by atoms with E-state index in [1.165, 1.54) is 12.1 Å². The van der Waals surface area contributed by atoms with E-state index in [-0.39, 0.29) is 24.8 Å². The molecule has 1 atom stereocenters. The van der Waals surface area contributed by atoms with E-state index in [9.17, 15) is 9.18 Å². The molecule has 2 aromatic carbocycles. The third-order valence-electron chi connectivity index (χ3n) is 4.51. The largest absolute Gasteiger partial charge is 0.478 e. The molecule has 0 fully saturated rings. The van der Waals surface area contributed by atoms with Gasteiger partial charge in [0.25, 0.3) is 5.91 Å². The van der Waals surface area contributed by atoms with Crippen LogP contribution in [0.5, 0.6) is 11.6 Å². The average molecular weight is 456 g/mol. The van der Waals surface area contributed by atoms with Crippen LogP contribution in [0.3, 0.4) is 0 Å². The minimum atomic E-state index is -0.864. The van der Waals surface area contributed by atoms with Gasteiger partial charge in [0.2, 0.25) is 5.88 Å². The number of halogens is 2. The van der Waals surface area contributed by atoms with Crippen molar-refractivity contribution in [1.82, 2.24) is 25.1 Å². The molecule has 4 rings (SSSR count). The third kappa shape index (κ3) is 4.78. The maximum Gasteiger partial charge on any atom is 0.260 e. The predicted molar refractivity (Wildman–Crippen MR) is 116 cm³/mol. The number of aromatic nitrogens is 4. The Bertz CT molecular complexity index is 1250. The number of fused-ring (bicyclic) bond motifs is 1. The molecule has 1 N–H and O–H groups in total. The van der Waals surface area contributed by atoms with Gasteiger partial charge in [-0.25, -0.2) is 4.39 Å². The highest BCUT2D eigenvalue weighted by Crippen LogP contribution is 2.26. The molecule has 164 valence electrons. The molecule has 0 saturated carbocycles. The summed E-state index contributed by atoms with van der Waals surface area (Å²) >= 11 is 6.26. The molecule has 2 heterocycles. The first-order chi connectivity index (χ1) is 15.5. The first-order valence-electron chi connectivity index (χ1n) is 9.82. The van der Waals surface area contributed by atoms with Crippen molar-refractivity contribution in [1.29, 1.82) is 0 Å². The summed E-state index contributed by atoms with van der Waals surface area (Å²) in [5, 5.41) is 15.9. The van der Waals surface area contributed by atoms with Gasteiger partial charge in [0.05, 0.1) is 11.6 Å². The maximum absolute atomic E-state index is 13.7. The monoisotopic (exact) mass is 455 g/mol. The van der Waals surface area contributed by atoms with Gasteiger partial charge in [-0.15, -0.1) is 15.3 Å². The van der Waals surface area contributed by atoms with Crippen LogP contribution in [0.25, 0.3) is 17.0 Å². The Morgan fingerprint density at radius 3 is 2.72 bits per heavy atom. The molecule has 0 saturated heterocycles. The number of carbonyl (C=O) groups is 1. The Kier molecular flexibility index (Phi) is 6.46. The van der Waals surface area contributed by atoms with E-state index in [1.54, 1.807) is 41.8 Å². The Balaban J connectivity index is 1.34. The van der Waals surface area contributed by atoms with E-state index in [4.69, 9.17) is 21.1 Å². The lowest BCUT2D eigenvalue weighted by atomic mass is 10.2. The van der Waals surface area contributed by atoms with Crippen LogP contribution < -0.4 is 14.8 Å². The van der Waals surface area contributed by atoms with E-state index in [0.29, 0.717) is 27.9 Å². The van der Waals surface area contributed by atoms with E-state index in [0.717, 1.165) is 0 Å². The smallest absolute Gasteiger partial charge is 0.260 e. The Hall–Kier alpha value is -3.72. The standard InChI is InChI=1S/C22H19ClFN5O3/c1-14(32-18-9-5-4-8-17(18)24)22(30)25-12-13-31-20-11-10-19-26-27-21(29(19)28-20)15-6-2-3-7-16(15)23/h2-11,14H,12-13H2,1H3,(H,25,30). The summed E-state index contributed by atoms with van der Waals surface area (Å²) in [6, 6.07) is 16.6. The zero-order chi connectivity index (χ0) is 22.5. The van der Waals surface area contributed by atoms with Gasteiger partial charge < -0.3 is 14.8 Å². The van der Waals surface area contributed by atoms with Crippen LogP contribution >= 0.6 is 11.6 Å². The predicted octanol–water partition coefficient (Wildman–Crippen LogP) is 3.55. The summed E-state index contributed by atoms with van der Waals surface area (Å²) in [6.07, 6.45) is -0.864. The minimum absolute atomic E-state index is 0.0205. The number of para-hydroxylation sites is 1. The Morgan fingerprint density at radius 2 is 1.91 bits per heavy atom. The van der Waals surface area contributed by atoms with Crippen molar-refractivity contribution in [2.45, 2.75) is 13.0 Å². The highest BCUT2D eigenvalue weighted by Gasteiger charge is 2.16. The number of hydrogen-bond donors (Lipinski definition) is 1. The van der Waals surface area contributed by atoms with Gasteiger partial charge >= 0.3 is 0 Å². The zero-order valence-corrected chi connectivity index (χ0v) is 17.8. The molecule has 0 aliphatic heterocycles. The molecule has 4 aromatic rings. The van der Waals surface area contributed by atoms with Gasteiger partial charge in [0, 0.05) is 11.6 Å². The van der Waals surface area contributed by atoms with E-state index < -0.39 is 11.9 Å². The fraction of sp³-hybridized carbons (Fsp3) is 0.182. The lowest BCUT2D eigenvalue weighted by Crippen LogP contribution is -2.38. The van der Waals surface area contributed by atoms with Crippen LogP contribution in [-0.4, -0.2) is 45.0 Å². The van der Waals surface area contributed by atoms with Crippen LogP contribution in [0.15, 0.2) is 60.7 Å². The molecule has 8 nitrogen and oxygen atoms in total. The summed E-state index contributed by atoms with van der Waals surface area (Å²) in [4.78, 5) is 12.2. The highest BCUT2D eigenvalue weighted by atomic mass is 35.5. The van der Waals surface area contributed by atoms with Crippen LogP contribution in [0.4, 0.5) is 4.39 Å². The van der Waals surface area contributed by atoms with Crippen LogP contribution in [0.2, 0.25) is 5.02 Å². The number of rotatable bonds is 8. The van der Waals surface area contributed by atoms with Gasteiger partial charge in [-0.05, 0) is 37.3 Å². The number of hydrogen-bond acceptors (Lipinski definition) is 6. The van der Waals surface area contributed by atoms with E-state index in [1.807, 2.05) is 18.2 Å². The summed E-state index contributed by atoms with van der Waals surface area (Å²) in [5.41, 5.74) is 1.24. The number of benzene rings is 2. The van der Waals surface area contributed by atoms with E-state index in [2.05, 4.69) is 20.6 Å². The first-order valence-corrected chi connectivity index (χ1v) is 10.2. The topological polar surface area (TPSA) is 90.6 Å². The average Bonchev–Trinajstić information content (AvgIpc) is 3.21. The van der Waals surface area contributed by atoms with Crippen LogP contribution in [0.1, 0.15) is 6.92 Å². The van der Waals surface area contributed by atoms with Crippen LogP contribution in [0, 0.1) is 5.82 Å². The molecule has 0 radical (unpaired) electrons. The SMILES string of the molecule is CC(Oc1ccccc1F)C(=O)NCCOc1ccc2nnc(-c3ccccc3Cl)n2n1. The third-order valence-corrected chi connectivity index (χ3v) is 4.84. The van der Waals surface area contributed by atoms with Crippen LogP contribution in [-0.2, 0) is 4.79 Å². The van der Waals surface area contributed by atoms with Crippen molar-refractivity contribution in [2.24, 2.45) is 0 Å². The molecule has 0 spiro atoms. The lowest BCUT2D eigenvalue weighted by Gasteiger charge is -2.15. The highest BCUT2D eigenvalue weighted by molar-refractivity contribution is 6.33. The number of ether oxygens (including phenoxy) is 2. The van der Waals surface area contributed by atoms with Crippen molar-refractivity contribution in [3.8, 4) is 23.0 Å². The lowest BCUT2D eigenvalue weighted by molar-refractivity contribution is -0.127. The number of nitrogens with zero attached hydrogens (tertiary/aromatic N) is 4. The van der Waals surface area contributed by atoms with Gasteiger partial charge in [0.15, 0.2) is 29.1 Å². The number of carbonyl (C=O) groups excluding carboxylic acids is 1.